The number of nitro benzene ring substituents is 1. The Kier molecular flexibility index (Phi) is 5.30. The predicted octanol–water partition coefficient (Wildman–Crippen LogP) is -0.0848. The van der Waals surface area contributed by atoms with Crippen molar-refractivity contribution in [2.45, 2.75) is 25.5 Å². The van der Waals surface area contributed by atoms with Crippen LogP contribution >= 0.6 is 0 Å². The van der Waals surface area contributed by atoms with Crippen LogP contribution in [0.5, 0.6) is 0 Å². The molecule has 0 saturated carbocycles. The second kappa shape index (κ2) is 6.73. The normalized spacial score (nSPS) is 13.3. The van der Waals surface area contributed by atoms with Gasteiger partial charge in [0.2, 0.25) is 0 Å². The second-order valence-electron chi connectivity index (χ2n) is 4.15. The van der Waals surface area contributed by atoms with E-state index >= 15 is 0 Å². The van der Waals surface area contributed by atoms with E-state index in [0.717, 1.165) is 6.92 Å². The zero-order valence-electron chi connectivity index (χ0n) is 10.7. The number of carbonyl (C=O) groups excluding carboxylic acids is 2. The summed E-state index contributed by atoms with van der Waals surface area (Å²) in [4.78, 5) is 32.4. The fraction of sp³-hybridized carbons (Fsp3) is 0.333. The molecular weight excluding hydrogens is 268 g/mol. The van der Waals surface area contributed by atoms with E-state index in [1.165, 1.54) is 24.3 Å². The van der Waals surface area contributed by atoms with Crippen LogP contribution in [0.25, 0.3) is 0 Å². The van der Waals surface area contributed by atoms with Gasteiger partial charge in [0.05, 0.1) is 4.92 Å². The van der Waals surface area contributed by atoms with E-state index in [2.05, 4.69) is 4.74 Å². The molecular formula is C12H14N2O6. The van der Waals surface area contributed by atoms with E-state index in [9.17, 15) is 19.7 Å². The summed E-state index contributed by atoms with van der Waals surface area (Å²) in [7, 11) is 0. The molecule has 0 heterocycles. The highest BCUT2D eigenvalue weighted by molar-refractivity contribution is 5.90. The molecule has 0 bridgehead atoms. The van der Waals surface area contributed by atoms with Gasteiger partial charge in [-0.15, -0.1) is 0 Å². The summed E-state index contributed by atoms with van der Waals surface area (Å²) in [6.07, 6.45) is -1.35. The number of ether oxygens (including phenoxy) is 1. The molecule has 1 rings (SSSR count). The van der Waals surface area contributed by atoms with Crippen molar-refractivity contribution in [1.29, 1.82) is 0 Å². The van der Waals surface area contributed by atoms with Gasteiger partial charge >= 0.3 is 11.9 Å². The van der Waals surface area contributed by atoms with Crippen molar-refractivity contribution >= 4 is 17.6 Å². The first-order chi connectivity index (χ1) is 9.31. The number of nitrogens with two attached hydrogens (primary N) is 1. The van der Waals surface area contributed by atoms with Crippen LogP contribution in [-0.2, 0) is 20.7 Å². The summed E-state index contributed by atoms with van der Waals surface area (Å²) in [6, 6.07) is 4.39. The minimum atomic E-state index is -1.41. The van der Waals surface area contributed by atoms with E-state index in [1.54, 1.807) is 0 Å². The fourth-order valence-corrected chi connectivity index (χ4v) is 1.35. The highest BCUT2D eigenvalue weighted by Crippen LogP contribution is 2.13. The Morgan fingerprint density at radius 2 is 1.90 bits per heavy atom. The average molecular weight is 282 g/mol. The van der Waals surface area contributed by atoms with Gasteiger partial charge in [-0.3, -0.25) is 10.1 Å². The summed E-state index contributed by atoms with van der Waals surface area (Å²) < 4.78 is 4.35. The number of carbonyl (C=O) groups is 2. The molecule has 0 aliphatic carbocycles. The minimum absolute atomic E-state index is 0.0594. The first-order valence-corrected chi connectivity index (χ1v) is 5.73. The van der Waals surface area contributed by atoms with Crippen molar-refractivity contribution < 1.29 is 24.4 Å². The second-order valence-corrected chi connectivity index (χ2v) is 4.15. The Bertz CT molecular complexity index is 511. The quantitative estimate of drug-likeness (QED) is 0.334. The number of hydrogen-bond acceptors (Lipinski definition) is 7. The Hall–Kier alpha value is -2.32. The highest BCUT2D eigenvalue weighted by atomic mass is 16.6. The largest absolute Gasteiger partial charge is 0.390 e. The zero-order chi connectivity index (χ0) is 15.3. The molecule has 3 N–H and O–H groups in total. The minimum Gasteiger partial charge on any atom is -0.390 e. The molecule has 0 saturated heterocycles. The maximum atomic E-state index is 11.5. The Morgan fingerprint density at radius 3 is 2.35 bits per heavy atom. The molecule has 2 atom stereocenters. The van der Waals surface area contributed by atoms with Crippen molar-refractivity contribution in [3.05, 3.63) is 39.9 Å². The molecule has 8 nitrogen and oxygen atoms in total. The average Bonchev–Trinajstić information content (AvgIpc) is 2.38. The first-order valence-electron chi connectivity index (χ1n) is 5.73. The predicted molar refractivity (Wildman–Crippen MR) is 67.6 cm³/mol. The van der Waals surface area contributed by atoms with Crippen molar-refractivity contribution in [1.82, 2.24) is 0 Å². The van der Waals surface area contributed by atoms with Crippen LogP contribution in [0.1, 0.15) is 12.5 Å². The molecule has 0 spiro atoms. The van der Waals surface area contributed by atoms with Crippen LogP contribution < -0.4 is 5.73 Å². The first kappa shape index (κ1) is 15.7. The SMILES string of the molecule is CC(O)C(=O)OC(=O)[C@@H](N)Cc1ccc([N+](=O)[O-])cc1. The third-order valence-corrected chi connectivity index (χ3v) is 2.45. The van der Waals surface area contributed by atoms with E-state index in [1.807, 2.05) is 0 Å². The van der Waals surface area contributed by atoms with Crippen LogP contribution in [0.15, 0.2) is 24.3 Å². The molecule has 1 unspecified atom stereocenters. The number of aliphatic hydroxyl groups excluding tert-OH is 1. The summed E-state index contributed by atoms with van der Waals surface area (Å²) in [5.41, 5.74) is 6.07. The van der Waals surface area contributed by atoms with Crippen LogP contribution in [0, 0.1) is 10.1 Å². The number of aliphatic hydroxyl groups is 1. The smallest absolute Gasteiger partial charge is 0.342 e. The van der Waals surface area contributed by atoms with Gasteiger partial charge in [0.25, 0.3) is 5.69 Å². The topological polar surface area (TPSA) is 133 Å². The molecule has 20 heavy (non-hydrogen) atoms. The molecule has 0 aliphatic rings. The molecule has 0 amide bonds. The van der Waals surface area contributed by atoms with E-state index in [-0.39, 0.29) is 12.1 Å². The summed E-state index contributed by atoms with van der Waals surface area (Å²) in [5.74, 6) is -2.04. The van der Waals surface area contributed by atoms with Crippen molar-refractivity contribution in [3.8, 4) is 0 Å². The highest BCUT2D eigenvalue weighted by Gasteiger charge is 2.21. The fourth-order valence-electron chi connectivity index (χ4n) is 1.35. The maximum absolute atomic E-state index is 11.5. The van der Waals surface area contributed by atoms with Crippen molar-refractivity contribution in [2.75, 3.05) is 0 Å². The lowest BCUT2D eigenvalue weighted by Gasteiger charge is -2.11. The van der Waals surface area contributed by atoms with Gasteiger partial charge in [-0.2, -0.15) is 0 Å². The van der Waals surface area contributed by atoms with Gasteiger partial charge < -0.3 is 15.6 Å². The molecule has 0 radical (unpaired) electrons. The number of nitro groups is 1. The molecule has 0 aliphatic heterocycles. The number of nitrogens with zero attached hydrogens (tertiary/aromatic N) is 1. The lowest BCUT2D eigenvalue weighted by molar-refractivity contribution is -0.384. The van der Waals surface area contributed by atoms with Crippen LogP contribution in [0.3, 0.4) is 0 Å². The van der Waals surface area contributed by atoms with Gasteiger partial charge in [-0.25, -0.2) is 9.59 Å². The van der Waals surface area contributed by atoms with Gasteiger partial charge in [0.1, 0.15) is 12.1 Å². The molecule has 108 valence electrons. The van der Waals surface area contributed by atoms with Gasteiger partial charge in [-0.1, -0.05) is 12.1 Å². The standard InChI is InChI=1S/C12H14N2O6/c1-7(15)11(16)20-12(17)10(13)6-8-2-4-9(5-3-8)14(18)19/h2-5,7,10,15H,6,13H2,1H3/t7?,10-/m0/s1. The van der Waals surface area contributed by atoms with E-state index < -0.39 is 29.0 Å². The van der Waals surface area contributed by atoms with E-state index in [4.69, 9.17) is 10.8 Å². The Morgan fingerprint density at radius 1 is 1.35 bits per heavy atom. The number of non-ortho nitro benzene ring substituents is 1. The molecule has 0 aromatic heterocycles. The summed E-state index contributed by atoms with van der Waals surface area (Å²) in [6.45, 7) is 1.16. The number of rotatable bonds is 5. The third-order valence-electron chi connectivity index (χ3n) is 2.45. The maximum Gasteiger partial charge on any atom is 0.342 e. The third kappa shape index (κ3) is 4.41. The monoisotopic (exact) mass is 282 g/mol. The number of benzene rings is 1. The molecule has 8 heteroatoms. The van der Waals surface area contributed by atoms with Crippen molar-refractivity contribution in [3.63, 3.8) is 0 Å². The lowest BCUT2D eigenvalue weighted by Crippen LogP contribution is -2.37. The molecule has 1 aromatic rings. The lowest BCUT2D eigenvalue weighted by atomic mass is 10.1. The van der Waals surface area contributed by atoms with Gasteiger partial charge in [-0.05, 0) is 18.9 Å². The van der Waals surface area contributed by atoms with Crippen LogP contribution in [0.2, 0.25) is 0 Å². The number of esters is 2. The Labute approximate surface area is 114 Å². The Balaban J connectivity index is 2.61. The van der Waals surface area contributed by atoms with Crippen LogP contribution in [0.4, 0.5) is 5.69 Å². The van der Waals surface area contributed by atoms with Crippen molar-refractivity contribution in [2.24, 2.45) is 5.73 Å². The zero-order valence-corrected chi connectivity index (χ0v) is 10.7. The number of hydrogen-bond donors (Lipinski definition) is 2. The summed E-state index contributed by atoms with van der Waals surface area (Å²) in [5, 5.41) is 19.4. The molecule has 1 aromatic carbocycles. The van der Waals surface area contributed by atoms with Gasteiger partial charge in [0, 0.05) is 12.1 Å². The van der Waals surface area contributed by atoms with E-state index in [0.29, 0.717) is 5.56 Å². The summed E-state index contributed by atoms with van der Waals surface area (Å²) >= 11 is 0. The molecule has 0 fully saturated rings. The van der Waals surface area contributed by atoms with Crippen LogP contribution in [-0.4, -0.2) is 34.1 Å². The van der Waals surface area contributed by atoms with Gasteiger partial charge in [0.15, 0.2) is 0 Å².